The lowest BCUT2D eigenvalue weighted by atomic mass is 9.93. The van der Waals surface area contributed by atoms with Gasteiger partial charge in [-0.15, -0.1) is 0 Å². The molecule has 0 amide bonds. The van der Waals surface area contributed by atoms with Gasteiger partial charge in [-0.05, 0) is 51.8 Å². The van der Waals surface area contributed by atoms with Crippen molar-refractivity contribution < 1.29 is 24.1 Å². The van der Waals surface area contributed by atoms with Crippen LogP contribution in [0.5, 0.6) is 17.2 Å². The number of aliphatic hydroxyl groups is 1. The maximum atomic E-state index is 12.5. The molecular weight excluding hydrogens is 364 g/mol. The summed E-state index contributed by atoms with van der Waals surface area (Å²) in [5.74, 6) is 1.24. The molecule has 0 aromatic heterocycles. The third-order valence-electron chi connectivity index (χ3n) is 3.77. The minimum absolute atomic E-state index is 0.320. The molecule has 6 heteroatoms. The third-order valence-corrected chi connectivity index (χ3v) is 4.39. The van der Waals surface area contributed by atoms with Crippen LogP contribution in [0.1, 0.15) is 22.0 Å². The molecule has 0 radical (unpaired) electrons. The Morgan fingerprint density at radius 1 is 1.13 bits per heavy atom. The van der Waals surface area contributed by atoms with Crippen LogP contribution in [-0.2, 0) is 0 Å². The number of hydrogen-bond acceptors (Lipinski definition) is 5. The van der Waals surface area contributed by atoms with Crippen molar-refractivity contribution in [3.05, 3.63) is 52.0 Å². The van der Waals surface area contributed by atoms with E-state index < -0.39 is 12.2 Å². The van der Waals surface area contributed by atoms with Crippen LogP contribution in [0.4, 0.5) is 0 Å². The van der Waals surface area contributed by atoms with Gasteiger partial charge in [0.05, 0.1) is 24.3 Å². The number of halogens is 1. The van der Waals surface area contributed by atoms with Gasteiger partial charge in [0.2, 0.25) is 0 Å². The molecule has 1 heterocycles. The average molecular weight is 379 g/mol. The van der Waals surface area contributed by atoms with Crippen molar-refractivity contribution in [2.45, 2.75) is 12.2 Å². The van der Waals surface area contributed by atoms with E-state index in [1.54, 1.807) is 43.5 Å². The average Bonchev–Trinajstić information content (AvgIpc) is 2.57. The molecule has 2 atom stereocenters. The number of rotatable bonds is 3. The Bertz CT molecular complexity index is 759. The molecule has 1 N–H and O–H groups in total. The van der Waals surface area contributed by atoms with Crippen LogP contribution in [0.25, 0.3) is 0 Å². The number of benzene rings is 2. The standard InChI is InChI=1S/C17H15BrO5/c1-21-10-4-6-13-11(8-10)15(19)16(20)17(23-13)9-3-5-14(22-2)12(18)7-9/h3-8,16-17,20H,1-2H3/t16-,17+/m0/s1. The molecule has 0 spiro atoms. The molecular formula is C17H15BrO5. The van der Waals surface area contributed by atoms with Crippen LogP contribution >= 0.6 is 15.9 Å². The normalized spacial score (nSPS) is 19.7. The Hall–Kier alpha value is -2.05. The zero-order valence-corrected chi connectivity index (χ0v) is 14.2. The molecule has 120 valence electrons. The van der Waals surface area contributed by atoms with Crippen molar-refractivity contribution in [3.8, 4) is 17.2 Å². The summed E-state index contributed by atoms with van der Waals surface area (Å²) < 4.78 is 16.9. The molecule has 2 aromatic rings. The highest BCUT2D eigenvalue weighted by Gasteiger charge is 2.37. The van der Waals surface area contributed by atoms with Crippen LogP contribution in [0.2, 0.25) is 0 Å². The largest absolute Gasteiger partial charge is 0.497 e. The lowest BCUT2D eigenvalue weighted by Crippen LogP contribution is -2.36. The topological polar surface area (TPSA) is 65.0 Å². The first kappa shape index (κ1) is 15.8. The number of methoxy groups -OCH3 is 2. The fraction of sp³-hybridized carbons (Fsp3) is 0.235. The Morgan fingerprint density at radius 2 is 1.91 bits per heavy atom. The number of ketones is 1. The highest BCUT2D eigenvalue weighted by atomic mass is 79.9. The molecule has 1 aliphatic heterocycles. The van der Waals surface area contributed by atoms with Crippen molar-refractivity contribution in [2.24, 2.45) is 0 Å². The molecule has 0 saturated carbocycles. The van der Waals surface area contributed by atoms with E-state index in [0.29, 0.717) is 28.4 Å². The lowest BCUT2D eigenvalue weighted by Gasteiger charge is -2.30. The fourth-order valence-electron chi connectivity index (χ4n) is 2.54. The van der Waals surface area contributed by atoms with Gasteiger partial charge in [-0.25, -0.2) is 0 Å². The second-order valence-corrected chi connectivity index (χ2v) is 5.96. The fourth-order valence-corrected chi connectivity index (χ4v) is 3.10. The van der Waals surface area contributed by atoms with Gasteiger partial charge in [-0.2, -0.15) is 0 Å². The van der Waals surface area contributed by atoms with Crippen molar-refractivity contribution in [1.29, 1.82) is 0 Å². The van der Waals surface area contributed by atoms with Gasteiger partial charge < -0.3 is 19.3 Å². The quantitative estimate of drug-likeness (QED) is 0.888. The van der Waals surface area contributed by atoms with Gasteiger partial charge >= 0.3 is 0 Å². The van der Waals surface area contributed by atoms with Crippen LogP contribution < -0.4 is 14.2 Å². The van der Waals surface area contributed by atoms with Crippen molar-refractivity contribution >= 4 is 21.7 Å². The first-order chi connectivity index (χ1) is 11.0. The zero-order valence-electron chi connectivity index (χ0n) is 12.6. The summed E-state index contributed by atoms with van der Waals surface area (Å²) in [6, 6.07) is 10.2. The predicted octanol–water partition coefficient (Wildman–Crippen LogP) is 3.14. The van der Waals surface area contributed by atoms with Gasteiger partial charge in [-0.3, -0.25) is 4.79 Å². The molecule has 0 unspecified atom stereocenters. The van der Waals surface area contributed by atoms with E-state index in [1.165, 1.54) is 7.11 Å². The molecule has 3 rings (SSSR count). The highest BCUT2D eigenvalue weighted by Crippen LogP contribution is 2.38. The van der Waals surface area contributed by atoms with E-state index >= 15 is 0 Å². The predicted molar refractivity (Wildman–Crippen MR) is 87.4 cm³/mol. The Labute approximate surface area is 141 Å². The van der Waals surface area contributed by atoms with Gasteiger partial charge in [0.1, 0.15) is 17.2 Å². The summed E-state index contributed by atoms with van der Waals surface area (Å²) in [7, 11) is 3.09. The zero-order chi connectivity index (χ0) is 16.6. The van der Waals surface area contributed by atoms with E-state index in [2.05, 4.69) is 15.9 Å². The molecule has 0 bridgehead atoms. The SMILES string of the molecule is COc1ccc2c(c1)C(=O)[C@H](O)[C@@H](c1ccc(OC)c(Br)c1)O2. The van der Waals surface area contributed by atoms with Crippen molar-refractivity contribution in [3.63, 3.8) is 0 Å². The van der Waals surface area contributed by atoms with E-state index in [0.717, 1.165) is 4.47 Å². The second-order valence-electron chi connectivity index (χ2n) is 5.10. The maximum absolute atomic E-state index is 12.5. The molecule has 5 nitrogen and oxygen atoms in total. The number of Topliss-reactive ketones (excluding diaryl/α,β-unsaturated/α-hetero) is 1. The van der Waals surface area contributed by atoms with Crippen LogP contribution in [0.15, 0.2) is 40.9 Å². The van der Waals surface area contributed by atoms with Gasteiger partial charge in [0.15, 0.2) is 18.0 Å². The molecule has 0 fully saturated rings. The number of carbonyl (C=O) groups is 1. The Kier molecular flexibility index (Phi) is 4.28. The van der Waals surface area contributed by atoms with Gasteiger partial charge in [0, 0.05) is 0 Å². The minimum atomic E-state index is -1.28. The summed E-state index contributed by atoms with van der Waals surface area (Å²) in [5.41, 5.74) is 1.00. The first-order valence-electron chi connectivity index (χ1n) is 6.95. The van der Waals surface area contributed by atoms with E-state index in [9.17, 15) is 9.90 Å². The molecule has 0 aliphatic carbocycles. The monoisotopic (exact) mass is 378 g/mol. The number of carbonyl (C=O) groups excluding carboxylic acids is 1. The van der Waals surface area contributed by atoms with Crippen molar-refractivity contribution in [1.82, 2.24) is 0 Å². The maximum Gasteiger partial charge on any atom is 0.199 e. The summed E-state index contributed by atoms with van der Waals surface area (Å²) in [5, 5.41) is 10.4. The van der Waals surface area contributed by atoms with E-state index in [1.807, 2.05) is 0 Å². The third kappa shape index (κ3) is 2.80. The summed E-state index contributed by atoms with van der Waals surface area (Å²) in [4.78, 5) is 12.5. The number of hydrogen-bond donors (Lipinski definition) is 1. The van der Waals surface area contributed by atoms with Crippen LogP contribution in [0, 0.1) is 0 Å². The van der Waals surface area contributed by atoms with Gasteiger partial charge in [0.25, 0.3) is 0 Å². The molecule has 23 heavy (non-hydrogen) atoms. The number of aliphatic hydroxyl groups excluding tert-OH is 1. The van der Waals surface area contributed by atoms with Crippen molar-refractivity contribution in [2.75, 3.05) is 14.2 Å². The summed E-state index contributed by atoms with van der Waals surface area (Å²) in [6.45, 7) is 0. The Balaban J connectivity index is 1.99. The molecule has 1 aliphatic rings. The lowest BCUT2D eigenvalue weighted by molar-refractivity contribution is 0.0215. The molecule has 0 saturated heterocycles. The van der Waals surface area contributed by atoms with Crippen LogP contribution in [-0.4, -0.2) is 31.2 Å². The van der Waals surface area contributed by atoms with Gasteiger partial charge in [-0.1, -0.05) is 6.07 Å². The number of fused-ring (bicyclic) bond motifs is 1. The van der Waals surface area contributed by atoms with Crippen LogP contribution in [0.3, 0.4) is 0 Å². The summed E-state index contributed by atoms with van der Waals surface area (Å²) >= 11 is 3.40. The minimum Gasteiger partial charge on any atom is -0.497 e. The Morgan fingerprint density at radius 3 is 2.57 bits per heavy atom. The second kappa shape index (κ2) is 6.22. The smallest absolute Gasteiger partial charge is 0.199 e. The highest BCUT2D eigenvalue weighted by molar-refractivity contribution is 9.10. The molecule has 2 aromatic carbocycles. The van der Waals surface area contributed by atoms with E-state index in [-0.39, 0.29) is 5.78 Å². The van der Waals surface area contributed by atoms with E-state index in [4.69, 9.17) is 14.2 Å². The number of ether oxygens (including phenoxy) is 3. The summed E-state index contributed by atoms with van der Waals surface area (Å²) in [6.07, 6.45) is -2.06. The first-order valence-corrected chi connectivity index (χ1v) is 7.75.